The summed E-state index contributed by atoms with van der Waals surface area (Å²) in [5.74, 6) is -1.98. The molecule has 0 aromatic carbocycles. The molecule has 0 fully saturated rings. The number of hydrogen-bond donors (Lipinski definition) is 1. The average Bonchev–Trinajstić information content (AvgIpc) is 1.90. The minimum absolute atomic E-state index is 0.00810. The SMILES string of the molecule is CCC(C#N)(C(C)=O)C(=O)O. The monoisotopic (exact) mass is 155 g/mol. The van der Waals surface area contributed by atoms with E-state index in [0.717, 1.165) is 6.92 Å². The van der Waals surface area contributed by atoms with Crippen molar-refractivity contribution in [2.24, 2.45) is 5.41 Å². The van der Waals surface area contributed by atoms with E-state index in [1.165, 1.54) is 13.0 Å². The highest BCUT2D eigenvalue weighted by molar-refractivity contribution is 6.04. The molecule has 60 valence electrons. The van der Waals surface area contributed by atoms with Crippen LogP contribution in [0.2, 0.25) is 0 Å². The summed E-state index contributed by atoms with van der Waals surface area (Å²) in [5, 5.41) is 17.0. The predicted octanol–water partition coefficient (Wildman–Crippen LogP) is 0.580. The Morgan fingerprint density at radius 2 is 2.09 bits per heavy atom. The maximum atomic E-state index is 10.8. The van der Waals surface area contributed by atoms with Gasteiger partial charge in [0.05, 0.1) is 6.07 Å². The van der Waals surface area contributed by atoms with Crippen molar-refractivity contribution >= 4 is 11.8 Å². The fourth-order valence-electron chi connectivity index (χ4n) is 0.756. The van der Waals surface area contributed by atoms with Crippen molar-refractivity contribution in [3.63, 3.8) is 0 Å². The van der Waals surface area contributed by atoms with E-state index in [0.29, 0.717) is 0 Å². The molecule has 1 atom stereocenters. The lowest BCUT2D eigenvalue weighted by atomic mass is 9.83. The molecule has 11 heavy (non-hydrogen) atoms. The van der Waals surface area contributed by atoms with E-state index < -0.39 is 17.2 Å². The van der Waals surface area contributed by atoms with E-state index in [4.69, 9.17) is 10.4 Å². The third-order valence-corrected chi connectivity index (χ3v) is 1.69. The summed E-state index contributed by atoms with van der Waals surface area (Å²) in [4.78, 5) is 21.2. The minimum Gasteiger partial charge on any atom is -0.480 e. The molecule has 0 aliphatic rings. The van der Waals surface area contributed by atoms with Gasteiger partial charge in [-0.15, -0.1) is 0 Å². The van der Waals surface area contributed by atoms with E-state index >= 15 is 0 Å². The lowest BCUT2D eigenvalue weighted by molar-refractivity contribution is -0.150. The third-order valence-electron chi connectivity index (χ3n) is 1.69. The van der Waals surface area contributed by atoms with Crippen molar-refractivity contribution in [2.45, 2.75) is 20.3 Å². The highest BCUT2D eigenvalue weighted by Crippen LogP contribution is 2.21. The predicted molar refractivity (Wildman–Crippen MR) is 36.7 cm³/mol. The van der Waals surface area contributed by atoms with Gasteiger partial charge in [-0.1, -0.05) is 6.92 Å². The van der Waals surface area contributed by atoms with Gasteiger partial charge in [-0.3, -0.25) is 9.59 Å². The highest BCUT2D eigenvalue weighted by atomic mass is 16.4. The van der Waals surface area contributed by atoms with Gasteiger partial charge in [0.1, 0.15) is 0 Å². The maximum Gasteiger partial charge on any atom is 0.331 e. The molecule has 0 aromatic rings. The van der Waals surface area contributed by atoms with E-state index in [1.54, 1.807) is 0 Å². The molecule has 0 bridgehead atoms. The number of nitriles is 1. The second kappa shape index (κ2) is 3.15. The van der Waals surface area contributed by atoms with Crippen molar-refractivity contribution in [3.05, 3.63) is 0 Å². The van der Waals surface area contributed by atoms with Gasteiger partial charge in [-0.2, -0.15) is 5.26 Å². The van der Waals surface area contributed by atoms with Gasteiger partial charge in [0, 0.05) is 0 Å². The van der Waals surface area contributed by atoms with Crippen LogP contribution in [0, 0.1) is 16.7 Å². The number of carbonyl (C=O) groups excluding carboxylic acids is 1. The topological polar surface area (TPSA) is 78.2 Å². The molecule has 0 saturated carbocycles. The van der Waals surface area contributed by atoms with Crippen LogP contribution in [0.1, 0.15) is 20.3 Å². The Hall–Kier alpha value is -1.37. The Kier molecular flexibility index (Phi) is 2.76. The van der Waals surface area contributed by atoms with Gasteiger partial charge in [-0.25, -0.2) is 0 Å². The molecule has 4 nitrogen and oxygen atoms in total. The largest absolute Gasteiger partial charge is 0.480 e. The number of carboxylic acids is 1. The molecule has 4 heteroatoms. The Balaban J connectivity index is 4.96. The third kappa shape index (κ3) is 1.37. The Labute approximate surface area is 64.4 Å². The zero-order valence-corrected chi connectivity index (χ0v) is 6.42. The van der Waals surface area contributed by atoms with Crippen LogP contribution >= 0.6 is 0 Å². The van der Waals surface area contributed by atoms with Crippen molar-refractivity contribution in [3.8, 4) is 6.07 Å². The summed E-state index contributed by atoms with van der Waals surface area (Å²) < 4.78 is 0. The number of hydrogen-bond acceptors (Lipinski definition) is 3. The molecule has 1 unspecified atom stereocenters. The van der Waals surface area contributed by atoms with E-state index in [9.17, 15) is 9.59 Å². The fraction of sp³-hybridized carbons (Fsp3) is 0.571. The molecule has 0 amide bonds. The van der Waals surface area contributed by atoms with Crippen LogP contribution in [0.3, 0.4) is 0 Å². The lowest BCUT2D eigenvalue weighted by Crippen LogP contribution is -2.35. The zero-order valence-electron chi connectivity index (χ0n) is 6.42. The number of aliphatic carboxylic acids is 1. The van der Waals surface area contributed by atoms with Gasteiger partial charge in [0.2, 0.25) is 5.41 Å². The summed E-state index contributed by atoms with van der Waals surface area (Å²) in [6.07, 6.45) is 0.00810. The summed E-state index contributed by atoms with van der Waals surface area (Å²) in [6, 6.07) is 1.52. The molecule has 0 aromatic heterocycles. The van der Waals surface area contributed by atoms with Crippen molar-refractivity contribution in [1.29, 1.82) is 5.26 Å². The number of carboxylic acid groups (broad SMARTS) is 1. The Bertz CT molecular complexity index is 212. The number of carbonyl (C=O) groups is 2. The molecule has 0 heterocycles. The van der Waals surface area contributed by atoms with Crippen molar-refractivity contribution < 1.29 is 14.7 Å². The molecule has 0 spiro atoms. The molecule has 0 radical (unpaired) electrons. The van der Waals surface area contributed by atoms with Gasteiger partial charge in [0.15, 0.2) is 5.78 Å². The molecule has 0 aliphatic carbocycles. The quantitative estimate of drug-likeness (QED) is 0.604. The average molecular weight is 155 g/mol. The maximum absolute atomic E-state index is 10.8. The fourth-order valence-corrected chi connectivity index (χ4v) is 0.756. The van der Waals surface area contributed by atoms with Crippen molar-refractivity contribution in [1.82, 2.24) is 0 Å². The number of rotatable bonds is 3. The van der Waals surface area contributed by atoms with E-state index in [1.807, 2.05) is 0 Å². The van der Waals surface area contributed by atoms with Crippen LogP contribution in [0.15, 0.2) is 0 Å². The highest BCUT2D eigenvalue weighted by Gasteiger charge is 2.42. The van der Waals surface area contributed by atoms with Crippen molar-refractivity contribution in [2.75, 3.05) is 0 Å². The van der Waals surface area contributed by atoms with Crippen LogP contribution in [0.5, 0.6) is 0 Å². The van der Waals surface area contributed by atoms with Crippen LogP contribution in [0.4, 0.5) is 0 Å². The van der Waals surface area contributed by atoms with Crippen LogP contribution in [0.25, 0.3) is 0 Å². The van der Waals surface area contributed by atoms with Gasteiger partial charge in [0.25, 0.3) is 0 Å². The summed E-state index contributed by atoms with van der Waals surface area (Å²) in [7, 11) is 0. The van der Waals surface area contributed by atoms with Crippen LogP contribution < -0.4 is 0 Å². The second-order valence-corrected chi connectivity index (χ2v) is 2.23. The lowest BCUT2D eigenvalue weighted by Gasteiger charge is -2.14. The number of Topliss-reactive ketones (excluding diaryl/α,β-unsaturated/α-hetero) is 1. The van der Waals surface area contributed by atoms with E-state index in [2.05, 4.69) is 0 Å². The molecule has 0 rings (SSSR count). The first-order chi connectivity index (χ1) is 5.01. The van der Waals surface area contributed by atoms with Gasteiger partial charge >= 0.3 is 5.97 Å². The summed E-state index contributed by atoms with van der Waals surface area (Å²) >= 11 is 0. The number of nitrogens with zero attached hydrogens (tertiary/aromatic N) is 1. The zero-order chi connectivity index (χ0) is 9.07. The first kappa shape index (κ1) is 9.63. The summed E-state index contributed by atoms with van der Waals surface area (Å²) in [6.45, 7) is 2.61. The number of ketones is 1. The first-order valence-electron chi connectivity index (χ1n) is 3.17. The molecular formula is C7H9NO3. The normalized spacial score (nSPS) is 14.6. The molecule has 0 saturated heterocycles. The first-order valence-corrected chi connectivity index (χ1v) is 3.17. The molecule has 0 aliphatic heterocycles. The van der Waals surface area contributed by atoms with E-state index in [-0.39, 0.29) is 6.42 Å². The van der Waals surface area contributed by atoms with Crippen LogP contribution in [-0.2, 0) is 9.59 Å². The molecule has 1 N–H and O–H groups in total. The summed E-state index contributed by atoms with van der Waals surface area (Å²) in [5.41, 5.74) is -1.83. The van der Waals surface area contributed by atoms with Gasteiger partial charge < -0.3 is 5.11 Å². The van der Waals surface area contributed by atoms with Crippen LogP contribution in [-0.4, -0.2) is 16.9 Å². The Morgan fingerprint density at radius 1 is 1.64 bits per heavy atom. The second-order valence-electron chi connectivity index (χ2n) is 2.23. The molecular weight excluding hydrogens is 146 g/mol. The Morgan fingerprint density at radius 3 is 2.09 bits per heavy atom. The van der Waals surface area contributed by atoms with Gasteiger partial charge in [-0.05, 0) is 13.3 Å². The smallest absolute Gasteiger partial charge is 0.331 e. The minimum atomic E-state index is -1.83. The standard InChI is InChI=1S/C7H9NO3/c1-3-7(4-8,5(2)9)6(10)11/h3H2,1-2H3,(H,10,11).